The molecule has 0 radical (unpaired) electrons. The second-order valence-corrected chi connectivity index (χ2v) is 5.11. The van der Waals surface area contributed by atoms with E-state index in [1.807, 2.05) is 42.5 Å². The van der Waals surface area contributed by atoms with Gasteiger partial charge in [-0.1, -0.05) is 42.5 Å². The van der Waals surface area contributed by atoms with E-state index in [9.17, 15) is 14.7 Å². The molecule has 1 aliphatic carbocycles. The van der Waals surface area contributed by atoms with E-state index in [0.717, 1.165) is 5.56 Å². The molecule has 5 heteroatoms. The number of allylic oxidation sites excluding steroid dienone is 1. The minimum Gasteiger partial charge on any atom is -0.481 e. The Morgan fingerprint density at radius 3 is 2.57 bits per heavy atom. The van der Waals surface area contributed by atoms with Crippen LogP contribution in [-0.4, -0.2) is 35.2 Å². The van der Waals surface area contributed by atoms with Crippen molar-refractivity contribution < 1.29 is 19.4 Å². The normalized spacial score (nSPS) is 20.8. The predicted molar refractivity (Wildman–Crippen MR) is 77.7 cm³/mol. The number of carbonyl (C=O) groups excluding carboxylic acids is 1. The predicted octanol–water partition coefficient (Wildman–Crippen LogP) is 2.67. The van der Waals surface area contributed by atoms with Crippen molar-refractivity contribution in [2.45, 2.75) is 25.5 Å². The van der Waals surface area contributed by atoms with Gasteiger partial charge in [-0.3, -0.25) is 4.79 Å². The maximum atomic E-state index is 12.1. The zero-order valence-corrected chi connectivity index (χ0v) is 11.9. The average Bonchev–Trinajstić information content (AvgIpc) is 2.52. The fourth-order valence-electron chi connectivity index (χ4n) is 2.45. The lowest BCUT2D eigenvalue weighted by molar-refractivity contribution is -0.143. The van der Waals surface area contributed by atoms with Crippen LogP contribution in [0.2, 0.25) is 0 Å². The molecule has 0 aromatic heterocycles. The first-order valence-corrected chi connectivity index (χ1v) is 6.91. The largest absolute Gasteiger partial charge is 0.481 e. The molecule has 0 spiro atoms. The molecule has 0 saturated carbocycles. The monoisotopic (exact) mass is 289 g/mol. The van der Waals surface area contributed by atoms with Crippen molar-refractivity contribution in [3.63, 3.8) is 0 Å². The molecule has 0 fully saturated rings. The van der Waals surface area contributed by atoms with Crippen LogP contribution in [0.3, 0.4) is 0 Å². The number of nitrogens with zero attached hydrogens (tertiary/aromatic N) is 1. The Morgan fingerprint density at radius 2 is 1.90 bits per heavy atom. The highest BCUT2D eigenvalue weighted by atomic mass is 16.6. The molecule has 2 rings (SSSR count). The number of carbonyl (C=O) groups is 2. The van der Waals surface area contributed by atoms with E-state index in [0.29, 0.717) is 12.8 Å². The molecule has 1 amide bonds. The van der Waals surface area contributed by atoms with Crippen LogP contribution in [0.4, 0.5) is 4.79 Å². The molecule has 1 aromatic rings. The lowest BCUT2D eigenvalue weighted by Gasteiger charge is -2.32. The first-order valence-electron chi connectivity index (χ1n) is 6.91. The van der Waals surface area contributed by atoms with E-state index >= 15 is 0 Å². The number of carboxylic acid groups (broad SMARTS) is 1. The Bertz CT molecular complexity index is 526. The van der Waals surface area contributed by atoms with Crippen molar-refractivity contribution in [2.75, 3.05) is 7.05 Å². The number of rotatable bonds is 4. The molecule has 0 unspecified atom stereocenters. The summed E-state index contributed by atoms with van der Waals surface area (Å²) in [4.78, 5) is 24.7. The number of amides is 1. The fourth-order valence-corrected chi connectivity index (χ4v) is 2.45. The van der Waals surface area contributed by atoms with Crippen LogP contribution in [0.15, 0.2) is 42.5 Å². The van der Waals surface area contributed by atoms with Gasteiger partial charge in [0.25, 0.3) is 0 Å². The standard InChI is InChI=1S/C16H19NO4/c1-17(14-10-6-5-9-13(14)15(18)19)16(20)21-11-12-7-3-2-4-8-12/h2-8,13-14H,9-11H2,1H3,(H,18,19)/t13-,14-/m0/s1. The van der Waals surface area contributed by atoms with Crippen molar-refractivity contribution in [2.24, 2.45) is 5.92 Å². The topological polar surface area (TPSA) is 66.8 Å². The Kier molecular flexibility index (Phi) is 4.98. The van der Waals surface area contributed by atoms with Crippen molar-refractivity contribution in [3.05, 3.63) is 48.0 Å². The maximum Gasteiger partial charge on any atom is 0.410 e. The molecule has 0 heterocycles. The molecular weight excluding hydrogens is 270 g/mol. The second kappa shape index (κ2) is 6.92. The van der Waals surface area contributed by atoms with Gasteiger partial charge in [-0.15, -0.1) is 0 Å². The summed E-state index contributed by atoms with van der Waals surface area (Å²) in [6.45, 7) is 0.185. The molecule has 0 aliphatic heterocycles. The van der Waals surface area contributed by atoms with Gasteiger partial charge in [0.05, 0.1) is 12.0 Å². The van der Waals surface area contributed by atoms with Crippen molar-refractivity contribution in [3.8, 4) is 0 Å². The Morgan fingerprint density at radius 1 is 1.24 bits per heavy atom. The summed E-state index contributed by atoms with van der Waals surface area (Å²) in [6, 6.07) is 9.02. The van der Waals surface area contributed by atoms with E-state index in [-0.39, 0.29) is 12.6 Å². The summed E-state index contributed by atoms with van der Waals surface area (Å²) in [5, 5.41) is 9.23. The third-order valence-corrected chi connectivity index (χ3v) is 3.71. The van der Waals surface area contributed by atoms with Crippen LogP contribution in [-0.2, 0) is 16.1 Å². The van der Waals surface area contributed by atoms with E-state index in [1.165, 1.54) is 4.90 Å². The summed E-state index contributed by atoms with van der Waals surface area (Å²) in [6.07, 6.45) is 4.23. The van der Waals surface area contributed by atoms with E-state index in [4.69, 9.17) is 4.74 Å². The van der Waals surface area contributed by atoms with Gasteiger partial charge < -0.3 is 14.7 Å². The highest BCUT2D eigenvalue weighted by Gasteiger charge is 2.34. The van der Waals surface area contributed by atoms with Gasteiger partial charge in [0, 0.05) is 7.05 Å². The average molecular weight is 289 g/mol. The summed E-state index contributed by atoms with van der Waals surface area (Å²) in [7, 11) is 1.59. The van der Waals surface area contributed by atoms with Gasteiger partial charge in [0.1, 0.15) is 6.61 Å². The van der Waals surface area contributed by atoms with Gasteiger partial charge in [-0.2, -0.15) is 0 Å². The van der Waals surface area contributed by atoms with Crippen molar-refractivity contribution in [1.82, 2.24) is 4.90 Å². The smallest absolute Gasteiger partial charge is 0.410 e. The van der Waals surface area contributed by atoms with E-state index in [1.54, 1.807) is 7.05 Å². The molecule has 0 bridgehead atoms. The highest BCUT2D eigenvalue weighted by Crippen LogP contribution is 2.24. The SMILES string of the molecule is CN(C(=O)OCc1ccccc1)[C@H]1CC=CC[C@@H]1C(=O)O. The quantitative estimate of drug-likeness (QED) is 0.865. The maximum absolute atomic E-state index is 12.1. The molecule has 1 aromatic carbocycles. The number of ether oxygens (including phenoxy) is 1. The molecule has 1 aliphatic rings. The van der Waals surface area contributed by atoms with Gasteiger partial charge in [-0.05, 0) is 18.4 Å². The second-order valence-electron chi connectivity index (χ2n) is 5.11. The Hall–Kier alpha value is -2.30. The molecule has 21 heavy (non-hydrogen) atoms. The Labute approximate surface area is 123 Å². The molecule has 5 nitrogen and oxygen atoms in total. The van der Waals surface area contributed by atoms with Gasteiger partial charge in [-0.25, -0.2) is 4.79 Å². The number of aliphatic carboxylic acids is 1. The third kappa shape index (κ3) is 3.84. The lowest BCUT2D eigenvalue weighted by atomic mass is 9.88. The molecule has 2 atom stereocenters. The zero-order chi connectivity index (χ0) is 15.2. The van der Waals surface area contributed by atoms with Crippen molar-refractivity contribution in [1.29, 1.82) is 0 Å². The molecule has 1 N–H and O–H groups in total. The number of benzene rings is 1. The number of hydrogen-bond acceptors (Lipinski definition) is 3. The van der Waals surface area contributed by atoms with Gasteiger partial charge >= 0.3 is 12.1 Å². The van der Waals surface area contributed by atoms with Crippen LogP contribution in [0.1, 0.15) is 18.4 Å². The summed E-state index contributed by atoms with van der Waals surface area (Å²) >= 11 is 0. The van der Waals surface area contributed by atoms with Crippen LogP contribution in [0.5, 0.6) is 0 Å². The zero-order valence-electron chi connectivity index (χ0n) is 11.9. The highest BCUT2D eigenvalue weighted by molar-refractivity contribution is 5.74. The van der Waals surface area contributed by atoms with Gasteiger partial charge in [0.15, 0.2) is 0 Å². The molecule has 112 valence electrons. The fraction of sp³-hybridized carbons (Fsp3) is 0.375. The minimum absolute atomic E-state index is 0.185. The van der Waals surface area contributed by atoms with Crippen LogP contribution >= 0.6 is 0 Å². The summed E-state index contributed by atoms with van der Waals surface area (Å²) in [5.74, 6) is -1.46. The lowest BCUT2D eigenvalue weighted by Crippen LogP contribution is -2.45. The van der Waals surface area contributed by atoms with Crippen LogP contribution in [0, 0.1) is 5.92 Å². The number of carboxylic acids is 1. The number of hydrogen-bond donors (Lipinski definition) is 1. The van der Waals surface area contributed by atoms with E-state index < -0.39 is 18.0 Å². The Balaban J connectivity index is 1.95. The van der Waals surface area contributed by atoms with Crippen LogP contribution < -0.4 is 0 Å². The first-order chi connectivity index (χ1) is 10.1. The first kappa shape index (κ1) is 15.1. The third-order valence-electron chi connectivity index (χ3n) is 3.71. The van der Waals surface area contributed by atoms with Crippen LogP contribution in [0.25, 0.3) is 0 Å². The van der Waals surface area contributed by atoms with Gasteiger partial charge in [0.2, 0.25) is 0 Å². The van der Waals surface area contributed by atoms with E-state index in [2.05, 4.69) is 0 Å². The molecule has 0 saturated heterocycles. The molecular formula is C16H19NO4. The van der Waals surface area contributed by atoms with Crippen molar-refractivity contribution >= 4 is 12.1 Å². The summed E-state index contributed by atoms with van der Waals surface area (Å²) in [5.41, 5.74) is 0.901. The summed E-state index contributed by atoms with van der Waals surface area (Å²) < 4.78 is 5.24. The minimum atomic E-state index is -0.882.